The van der Waals surface area contributed by atoms with Crippen molar-refractivity contribution in [2.75, 3.05) is 6.61 Å². The molecule has 1 fully saturated rings. The molecule has 0 bridgehead atoms. The lowest BCUT2D eigenvalue weighted by atomic mass is 9.93. The molecule has 1 aliphatic rings. The van der Waals surface area contributed by atoms with Crippen molar-refractivity contribution >= 4 is 0 Å². The van der Waals surface area contributed by atoms with Crippen molar-refractivity contribution in [3.63, 3.8) is 0 Å². The number of benzene rings is 1. The molecule has 1 aromatic carbocycles. The highest BCUT2D eigenvalue weighted by molar-refractivity contribution is 5.15. The van der Waals surface area contributed by atoms with E-state index in [2.05, 4.69) is 48.3 Å². The van der Waals surface area contributed by atoms with Gasteiger partial charge in [0, 0.05) is 13.0 Å². The Kier molecular flexibility index (Phi) is 4.34. The van der Waals surface area contributed by atoms with Crippen LogP contribution in [0.2, 0.25) is 0 Å². The van der Waals surface area contributed by atoms with E-state index in [4.69, 9.17) is 9.26 Å². The number of aromatic nitrogens is 2. The Labute approximate surface area is 125 Å². The van der Waals surface area contributed by atoms with Crippen LogP contribution in [0.5, 0.6) is 0 Å². The maximum atomic E-state index is 5.79. The number of aryl methyl sites for hydroxylation is 2. The standard InChI is InChI=1S/C17H22N2O2/c1-12(2)16-14(10-11-20-16)17-18-15(19-21-17)9-8-13-6-4-3-5-7-13/h3-7,12,14,16H,8-11H2,1-2H3/t14-,16-/m0/s1. The second kappa shape index (κ2) is 6.39. The summed E-state index contributed by atoms with van der Waals surface area (Å²) in [5, 5.41) is 4.13. The largest absolute Gasteiger partial charge is 0.377 e. The van der Waals surface area contributed by atoms with Crippen molar-refractivity contribution in [2.45, 2.75) is 45.1 Å². The highest BCUT2D eigenvalue weighted by atomic mass is 16.5. The maximum absolute atomic E-state index is 5.79. The van der Waals surface area contributed by atoms with Crippen LogP contribution in [0.15, 0.2) is 34.9 Å². The monoisotopic (exact) mass is 286 g/mol. The minimum absolute atomic E-state index is 0.201. The zero-order valence-electron chi connectivity index (χ0n) is 12.7. The van der Waals surface area contributed by atoms with E-state index in [-0.39, 0.29) is 12.0 Å². The van der Waals surface area contributed by atoms with Crippen molar-refractivity contribution in [1.29, 1.82) is 0 Å². The summed E-state index contributed by atoms with van der Waals surface area (Å²) in [6.45, 7) is 5.14. The van der Waals surface area contributed by atoms with Gasteiger partial charge in [-0.25, -0.2) is 0 Å². The van der Waals surface area contributed by atoms with Gasteiger partial charge in [0.1, 0.15) is 0 Å². The Bertz CT molecular complexity index is 565. The SMILES string of the molecule is CC(C)[C@@H]1OCC[C@@H]1c1nc(CCc2ccccc2)no1. The quantitative estimate of drug-likeness (QED) is 0.845. The number of hydrogen-bond donors (Lipinski definition) is 0. The molecule has 2 atom stereocenters. The topological polar surface area (TPSA) is 48.2 Å². The molecule has 0 aliphatic carbocycles. The van der Waals surface area contributed by atoms with E-state index in [1.807, 2.05) is 6.07 Å². The number of ether oxygens (including phenoxy) is 1. The lowest BCUT2D eigenvalue weighted by molar-refractivity contribution is 0.0627. The van der Waals surface area contributed by atoms with E-state index < -0.39 is 0 Å². The summed E-state index contributed by atoms with van der Waals surface area (Å²) in [6.07, 6.45) is 2.93. The first kappa shape index (κ1) is 14.3. The van der Waals surface area contributed by atoms with Crippen LogP contribution in [0.4, 0.5) is 0 Å². The van der Waals surface area contributed by atoms with Gasteiger partial charge < -0.3 is 9.26 Å². The summed E-state index contributed by atoms with van der Waals surface area (Å²) < 4.78 is 11.3. The summed E-state index contributed by atoms with van der Waals surface area (Å²) in [7, 11) is 0. The molecule has 0 N–H and O–H groups in total. The van der Waals surface area contributed by atoms with Crippen LogP contribution in [-0.2, 0) is 17.6 Å². The number of rotatable bonds is 5. The molecule has 2 heterocycles. The minimum Gasteiger partial charge on any atom is -0.377 e. The minimum atomic E-state index is 0.201. The van der Waals surface area contributed by atoms with Crippen LogP contribution in [-0.4, -0.2) is 22.9 Å². The zero-order chi connectivity index (χ0) is 14.7. The highest BCUT2D eigenvalue weighted by Crippen LogP contribution is 2.34. The summed E-state index contributed by atoms with van der Waals surface area (Å²) in [6, 6.07) is 10.4. The van der Waals surface area contributed by atoms with Gasteiger partial charge >= 0.3 is 0 Å². The van der Waals surface area contributed by atoms with Gasteiger partial charge in [0.05, 0.1) is 12.0 Å². The molecule has 1 saturated heterocycles. The summed E-state index contributed by atoms with van der Waals surface area (Å²) in [5.41, 5.74) is 1.30. The predicted molar refractivity (Wildman–Crippen MR) is 80.1 cm³/mol. The lowest BCUT2D eigenvalue weighted by Crippen LogP contribution is -2.21. The van der Waals surface area contributed by atoms with E-state index >= 15 is 0 Å². The Morgan fingerprint density at radius 1 is 1.19 bits per heavy atom. The van der Waals surface area contributed by atoms with Gasteiger partial charge in [0.15, 0.2) is 5.82 Å². The summed E-state index contributed by atoms with van der Waals surface area (Å²) in [5.74, 6) is 2.26. The zero-order valence-corrected chi connectivity index (χ0v) is 12.7. The number of nitrogens with zero attached hydrogens (tertiary/aromatic N) is 2. The maximum Gasteiger partial charge on any atom is 0.232 e. The fourth-order valence-corrected chi connectivity index (χ4v) is 2.95. The Hall–Kier alpha value is -1.68. The first-order chi connectivity index (χ1) is 10.2. The molecular formula is C17H22N2O2. The Balaban J connectivity index is 1.63. The van der Waals surface area contributed by atoms with Crippen molar-refractivity contribution in [3.8, 4) is 0 Å². The average Bonchev–Trinajstić information content (AvgIpc) is 3.15. The van der Waals surface area contributed by atoms with E-state index in [1.54, 1.807) is 0 Å². The van der Waals surface area contributed by atoms with Gasteiger partial charge in [-0.2, -0.15) is 4.98 Å². The molecule has 0 unspecified atom stereocenters. The highest BCUT2D eigenvalue weighted by Gasteiger charge is 2.35. The van der Waals surface area contributed by atoms with Crippen LogP contribution in [0.3, 0.4) is 0 Å². The van der Waals surface area contributed by atoms with Crippen molar-refractivity contribution in [1.82, 2.24) is 10.1 Å². The molecule has 0 amide bonds. The van der Waals surface area contributed by atoms with Crippen molar-refractivity contribution < 1.29 is 9.26 Å². The van der Waals surface area contributed by atoms with Gasteiger partial charge in [-0.1, -0.05) is 49.3 Å². The molecule has 4 heteroatoms. The van der Waals surface area contributed by atoms with Gasteiger partial charge in [-0.15, -0.1) is 0 Å². The molecule has 21 heavy (non-hydrogen) atoms. The third-order valence-electron chi connectivity index (χ3n) is 4.07. The van der Waals surface area contributed by atoms with Crippen LogP contribution < -0.4 is 0 Å². The van der Waals surface area contributed by atoms with Crippen LogP contribution in [0, 0.1) is 5.92 Å². The molecule has 0 saturated carbocycles. The third-order valence-corrected chi connectivity index (χ3v) is 4.07. The molecule has 1 aliphatic heterocycles. The molecule has 0 spiro atoms. The Morgan fingerprint density at radius 2 is 2.00 bits per heavy atom. The summed E-state index contributed by atoms with van der Waals surface area (Å²) >= 11 is 0. The van der Waals surface area contributed by atoms with Crippen molar-refractivity contribution in [3.05, 3.63) is 47.6 Å². The molecule has 2 aromatic rings. The molecule has 0 radical (unpaired) electrons. The predicted octanol–water partition coefficient (Wildman–Crippen LogP) is 3.38. The molecular weight excluding hydrogens is 264 g/mol. The van der Waals surface area contributed by atoms with Gasteiger partial charge in [0.2, 0.25) is 5.89 Å². The normalized spacial score (nSPS) is 22.0. The molecule has 4 nitrogen and oxygen atoms in total. The Morgan fingerprint density at radius 3 is 2.76 bits per heavy atom. The third kappa shape index (κ3) is 3.32. The fourth-order valence-electron chi connectivity index (χ4n) is 2.95. The van der Waals surface area contributed by atoms with E-state index in [0.29, 0.717) is 5.92 Å². The van der Waals surface area contributed by atoms with E-state index in [1.165, 1.54) is 5.56 Å². The van der Waals surface area contributed by atoms with Crippen LogP contribution >= 0.6 is 0 Å². The summed E-state index contributed by atoms with van der Waals surface area (Å²) in [4.78, 5) is 4.58. The fraction of sp³-hybridized carbons (Fsp3) is 0.529. The first-order valence-electron chi connectivity index (χ1n) is 7.72. The molecule has 3 rings (SSSR count). The smallest absolute Gasteiger partial charge is 0.232 e. The lowest BCUT2D eigenvalue weighted by Gasteiger charge is -2.18. The van der Waals surface area contributed by atoms with Crippen LogP contribution in [0.1, 0.15) is 43.5 Å². The second-order valence-electron chi connectivity index (χ2n) is 6.01. The second-order valence-corrected chi connectivity index (χ2v) is 6.01. The van der Waals surface area contributed by atoms with E-state index in [9.17, 15) is 0 Å². The van der Waals surface area contributed by atoms with Gasteiger partial charge in [-0.05, 0) is 24.3 Å². The molecule has 112 valence electrons. The first-order valence-corrected chi connectivity index (χ1v) is 7.72. The molecule has 1 aromatic heterocycles. The van der Waals surface area contributed by atoms with Crippen LogP contribution in [0.25, 0.3) is 0 Å². The van der Waals surface area contributed by atoms with Gasteiger partial charge in [-0.3, -0.25) is 0 Å². The van der Waals surface area contributed by atoms with Crippen molar-refractivity contribution in [2.24, 2.45) is 5.92 Å². The van der Waals surface area contributed by atoms with E-state index in [0.717, 1.165) is 37.6 Å². The van der Waals surface area contributed by atoms with Gasteiger partial charge in [0.25, 0.3) is 0 Å². The average molecular weight is 286 g/mol. The number of hydrogen-bond acceptors (Lipinski definition) is 4.